The van der Waals surface area contributed by atoms with Crippen molar-refractivity contribution in [3.8, 4) is 5.75 Å². The molecular weight excluding hydrogens is 245 g/mol. The predicted octanol–water partition coefficient (Wildman–Crippen LogP) is 3.72. The first-order valence-electron chi connectivity index (χ1n) is 5.54. The lowest BCUT2D eigenvalue weighted by Crippen LogP contribution is -2.18. The molecule has 0 unspecified atom stereocenters. The molecule has 0 atom stereocenters. The molecule has 0 bridgehead atoms. The molecule has 1 aliphatic rings. The molecule has 0 N–H and O–H groups in total. The summed E-state index contributed by atoms with van der Waals surface area (Å²) in [6.45, 7) is 0. The third kappa shape index (κ3) is 3.12. The van der Waals surface area contributed by atoms with Crippen molar-refractivity contribution in [3.63, 3.8) is 0 Å². The van der Waals surface area contributed by atoms with E-state index in [0.29, 0.717) is 30.4 Å². The maximum absolute atomic E-state index is 12.3. The van der Waals surface area contributed by atoms with Gasteiger partial charge in [-0.15, -0.1) is 13.2 Å². The van der Waals surface area contributed by atoms with E-state index >= 15 is 0 Å². The molecule has 96 valence electrons. The van der Waals surface area contributed by atoms with E-state index in [1.165, 1.54) is 24.3 Å². The number of carbonyl (C=O) groups is 1. The van der Waals surface area contributed by atoms with Gasteiger partial charge in [-0.05, 0) is 30.6 Å². The Morgan fingerprint density at radius 2 is 1.83 bits per heavy atom. The van der Waals surface area contributed by atoms with Crippen LogP contribution in [-0.2, 0) is 4.79 Å². The first kappa shape index (κ1) is 12.7. The predicted molar refractivity (Wildman–Crippen MR) is 60.0 cm³/mol. The molecule has 0 aromatic heterocycles. The Morgan fingerprint density at radius 3 is 2.50 bits per heavy atom. The maximum Gasteiger partial charge on any atom is 0.573 e. The van der Waals surface area contributed by atoms with Crippen LogP contribution in [-0.4, -0.2) is 12.1 Å². The van der Waals surface area contributed by atoms with Crippen LogP contribution in [0.5, 0.6) is 5.75 Å². The molecule has 2 nitrogen and oxygen atoms in total. The molecular formula is C13H11F3O2. The average Bonchev–Trinajstić information content (AvgIpc) is 2.27. The molecule has 1 aromatic rings. The molecule has 0 fully saturated rings. The highest BCUT2D eigenvalue weighted by atomic mass is 19.4. The summed E-state index contributed by atoms with van der Waals surface area (Å²) in [5, 5.41) is 0. The molecule has 1 aromatic carbocycles. The molecule has 18 heavy (non-hydrogen) atoms. The SMILES string of the molecule is O=C1C=C(c2ccccc2OC(F)(F)F)CCC1. The van der Waals surface area contributed by atoms with Crippen LogP contribution in [0, 0.1) is 0 Å². The molecule has 2 rings (SSSR count). The normalized spacial score (nSPS) is 16.4. The number of para-hydroxylation sites is 1. The lowest BCUT2D eigenvalue weighted by atomic mass is 9.92. The number of benzene rings is 1. The maximum atomic E-state index is 12.3. The van der Waals surface area contributed by atoms with Crippen molar-refractivity contribution in [2.24, 2.45) is 0 Å². The summed E-state index contributed by atoms with van der Waals surface area (Å²) in [5.41, 5.74) is 0.939. The molecule has 0 amide bonds. The van der Waals surface area contributed by atoms with E-state index in [-0.39, 0.29) is 11.5 Å². The monoisotopic (exact) mass is 256 g/mol. The van der Waals surface area contributed by atoms with E-state index in [2.05, 4.69) is 4.74 Å². The number of hydrogen-bond acceptors (Lipinski definition) is 2. The molecule has 1 aliphatic carbocycles. The second-order valence-electron chi connectivity index (χ2n) is 4.03. The van der Waals surface area contributed by atoms with Gasteiger partial charge in [0.15, 0.2) is 5.78 Å². The van der Waals surface area contributed by atoms with Crippen molar-refractivity contribution >= 4 is 11.4 Å². The number of carbonyl (C=O) groups excluding carboxylic acids is 1. The molecule has 0 saturated carbocycles. The number of ether oxygens (including phenoxy) is 1. The van der Waals surface area contributed by atoms with Gasteiger partial charge < -0.3 is 4.74 Å². The highest BCUT2D eigenvalue weighted by Gasteiger charge is 2.32. The summed E-state index contributed by atoms with van der Waals surface area (Å²) >= 11 is 0. The first-order chi connectivity index (χ1) is 8.46. The number of alkyl halides is 3. The van der Waals surface area contributed by atoms with Gasteiger partial charge >= 0.3 is 6.36 Å². The zero-order chi connectivity index (χ0) is 13.2. The summed E-state index contributed by atoms with van der Waals surface area (Å²) in [7, 11) is 0. The van der Waals surface area contributed by atoms with E-state index in [9.17, 15) is 18.0 Å². The van der Waals surface area contributed by atoms with Gasteiger partial charge in [-0.1, -0.05) is 18.2 Å². The van der Waals surface area contributed by atoms with Gasteiger partial charge in [0.05, 0.1) is 0 Å². The van der Waals surface area contributed by atoms with Crippen LogP contribution in [0.1, 0.15) is 24.8 Å². The molecule has 0 saturated heterocycles. The highest BCUT2D eigenvalue weighted by Crippen LogP contribution is 2.34. The van der Waals surface area contributed by atoms with Gasteiger partial charge in [0.2, 0.25) is 0 Å². The molecule has 0 aliphatic heterocycles. The minimum Gasteiger partial charge on any atom is -0.405 e. The van der Waals surface area contributed by atoms with Crippen LogP contribution in [0.2, 0.25) is 0 Å². The summed E-state index contributed by atoms with van der Waals surface area (Å²) in [5.74, 6) is -0.316. The lowest BCUT2D eigenvalue weighted by molar-refractivity contribution is -0.274. The van der Waals surface area contributed by atoms with E-state index in [1.54, 1.807) is 6.07 Å². The fraction of sp³-hybridized carbons (Fsp3) is 0.308. The topological polar surface area (TPSA) is 26.3 Å². The van der Waals surface area contributed by atoms with Crippen molar-refractivity contribution in [3.05, 3.63) is 35.9 Å². The van der Waals surface area contributed by atoms with Crippen LogP contribution >= 0.6 is 0 Å². The van der Waals surface area contributed by atoms with E-state index in [4.69, 9.17) is 0 Å². The van der Waals surface area contributed by atoms with E-state index < -0.39 is 6.36 Å². The number of ketones is 1. The lowest BCUT2D eigenvalue weighted by Gasteiger charge is -2.17. The van der Waals surface area contributed by atoms with Crippen LogP contribution < -0.4 is 4.74 Å². The Morgan fingerprint density at radius 1 is 1.11 bits per heavy atom. The molecule has 5 heteroatoms. The molecule has 0 radical (unpaired) electrons. The number of halogens is 3. The fourth-order valence-electron chi connectivity index (χ4n) is 1.95. The van der Waals surface area contributed by atoms with Crippen molar-refractivity contribution < 1.29 is 22.7 Å². The quantitative estimate of drug-likeness (QED) is 0.806. The van der Waals surface area contributed by atoms with Crippen LogP contribution in [0.3, 0.4) is 0 Å². The Hall–Kier alpha value is -1.78. The number of rotatable bonds is 2. The Labute approximate surface area is 102 Å². The fourth-order valence-corrected chi connectivity index (χ4v) is 1.95. The van der Waals surface area contributed by atoms with Crippen molar-refractivity contribution in [1.29, 1.82) is 0 Å². The van der Waals surface area contributed by atoms with Gasteiger partial charge in [0.1, 0.15) is 5.75 Å². The zero-order valence-corrected chi connectivity index (χ0v) is 9.46. The van der Waals surface area contributed by atoms with E-state index in [1.807, 2.05) is 0 Å². The zero-order valence-electron chi connectivity index (χ0n) is 9.46. The van der Waals surface area contributed by atoms with Crippen LogP contribution in [0.25, 0.3) is 5.57 Å². The summed E-state index contributed by atoms with van der Waals surface area (Å²) < 4.78 is 40.7. The third-order valence-electron chi connectivity index (χ3n) is 2.66. The second kappa shape index (κ2) is 4.84. The van der Waals surface area contributed by atoms with Gasteiger partial charge in [0.25, 0.3) is 0 Å². The minimum absolute atomic E-state index is 0.0574. The summed E-state index contributed by atoms with van der Waals surface area (Å²) in [6, 6.07) is 5.88. The minimum atomic E-state index is -4.73. The van der Waals surface area contributed by atoms with Crippen LogP contribution in [0.4, 0.5) is 13.2 Å². The van der Waals surface area contributed by atoms with Gasteiger partial charge in [0, 0.05) is 12.0 Å². The highest BCUT2D eigenvalue weighted by molar-refractivity contribution is 5.98. The standard InChI is InChI=1S/C13H11F3O2/c14-13(15,16)18-12-7-2-1-6-11(12)9-4-3-5-10(17)8-9/h1-2,6-8H,3-5H2. The Bertz CT molecular complexity index is 489. The second-order valence-corrected chi connectivity index (χ2v) is 4.03. The van der Waals surface area contributed by atoms with Gasteiger partial charge in [-0.25, -0.2) is 0 Å². The van der Waals surface area contributed by atoms with Crippen molar-refractivity contribution in [2.45, 2.75) is 25.6 Å². The van der Waals surface area contributed by atoms with Crippen molar-refractivity contribution in [1.82, 2.24) is 0 Å². The average molecular weight is 256 g/mol. The third-order valence-corrected chi connectivity index (χ3v) is 2.66. The molecule has 0 spiro atoms. The number of allylic oxidation sites excluding steroid dienone is 2. The van der Waals surface area contributed by atoms with Crippen LogP contribution in [0.15, 0.2) is 30.3 Å². The first-order valence-corrected chi connectivity index (χ1v) is 5.54. The molecule has 0 heterocycles. The summed E-state index contributed by atoms with van der Waals surface area (Å²) in [4.78, 5) is 11.3. The largest absolute Gasteiger partial charge is 0.573 e. The smallest absolute Gasteiger partial charge is 0.405 e. The Kier molecular flexibility index (Phi) is 3.41. The summed E-state index contributed by atoms with van der Waals surface area (Å²) in [6.07, 6.45) is -1.63. The Balaban J connectivity index is 2.36. The van der Waals surface area contributed by atoms with Gasteiger partial charge in [-0.3, -0.25) is 4.79 Å². The van der Waals surface area contributed by atoms with Crippen molar-refractivity contribution in [2.75, 3.05) is 0 Å². The van der Waals surface area contributed by atoms with E-state index in [0.717, 1.165) is 0 Å². The van der Waals surface area contributed by atoms with Gasteiger partial charge in [-0.2, -0.15) is 0 Å². The number of hydrogen-bond donors (Lipinski definition) is 0.